The number of aryl methyl sites for hydroxylation is 1. The number of nitrogens with zero attached hydrogens (tertiary/aromatic N) is 8. The number of nitrogens with one attached hydrogen (secondary N) is 1. The molecule has 0 radical (unpaired) electrons. The Morgan fingerprint density at radius 2 is 1.79 bits per heavy atom. The Morgan fingerprint density at radius 1 is 0.976 bits per heavy atom. The van der Waals surface area contributed by atoms with Crippen LogP contribution in [0.3, 0.4) is 0 Å². The van der Waals surface area contributed by atoms with E-state index in [-0.39, 0.29) is 11.6 Å². The van der Waals surface area contributed by atoms with Gasteiger partial charge in [0.2, 0.25) is 0 Å². The van der Waals surface area contributed by atoms with E-state index in [1.807, 2.05) is 34.9 Å². The molecule has 0 bridgehead atoms. The molecule has 0 aliphatic heterocycles. The van der Waals surface area contributed by atoms with Gasteiger partial charge >= 0.3 is 0 Å². The second-order valence-electron chi connectivity index (χ2n) is 9.72. The fourth-order valence-corrected chi connectivity index (χ4v) is 5.34. The van der Waals surface area contributed by atoms with E-state index < -0.39 is 18.0 Å². The van der Waals surface area contributed by atoms with Crippen molar-refractivity contribution >= 4 is 22.9 Å². The predicted molar refractivity (Wildman–Crippen MR) is 149 cm³/mol. The lowest BCUT2D eigenvalue weighted by Crippen LogP contribution is -2.28. The first kappa shape index (κ1) is 25.4. The van der Waals surface area contributed by atoms with Crippen molar-refractivity contribution in [2.45, 2.75) is 25.3 Å². The fourth-order valence-electron chi connectivity index (χ4n) is 5.34. The topological polar surface area (TPSA) is 142 Å². The van der Waals surface area contributed by atoms with Crippen molar-refractivity contribution in [2.75, 3.05) is 5.73 Å². The number of halogens is 2. The van der Waals surface area contributed by atoms with Gasteiger partial charge in [0.1, 0.15) is 17.0 Å². The molecule has 7 rings (SSSR count). The van der Waals surface area contributed by atoms with E-state index in [9.17, 15) is 13.6 Å². The van der Waals surface area contributed by atoms with Crippen molar-refractivity contribution in [1.29, 1.82) is 0 Å². The number of aromatic nitrogens is 8. The molecular formula is C29H22F2N10O. The zero-order valence-electron chi connectivity index (χ0n) is 21.9. The Bertz CT molecular complexity index is 1950. The van der Waals surface area contributed by atoms with Crippen LogP contribution in [0.4, 0.5) is 14.6 Å². The lowest BCUT2D eigenvalue weighted by molar-refractivity contribution is 0.0920. The van der Waals surface area contributed by atoms with Crippen molar-refractivity contribution in [2.24, 2.45) is 0 Å². The molecule has 3 N–H and O–H groups in total. The first-order valence-electron chi connectivity index (χ1n) is 13.1. The summed E-state index contributed by atoms with van der Waals surface area (Å²) in [6.45, 7) is 0. The summed E-state index contributed by atoms with van der Waals surface area (Å²) in [6.07, 6.45) is 4.46. The second-order valence-corrected chi connectivity index (χ2v) is 9.72. The van der Waals surface area contributed by atoms with E-state index in [1.54, 1.807) is 30.7 Å². The molecule has 1 aromatic carbocycles. The van der Waals surface area contributed by atoms with Crippen LogP contribution in [0, 0.1) is 0 Å². The molecule has 5 heterocycles. The summed E-state index contributed by atoms with van der Waals surface area (Å²) in [5.74, 6) is 0.819. The monoisotopic (exact) mass is 564 g/mol. The van der Waals surface area contributed by atoms with E-state index in [0.29, 0.717) is 47.0 Å². The number of alkyl halides is 2. The molecule has 11 nitrogen and oxygen atoms in total. The first-order valence-corrected chi connectivity index (χ1v) is 13.1. The number of pyridine rings is 3. The Hall–Kier alpha value is -5.59. The third-order valence-electron chi connectivity index (χ3n) is 7.25. The second kappa shape index (κ2) is 10.1. The van der Waals surface area contributed by atoms with Crippen LogP contribution in [0.25, 0.3) is 34.1 Å². The summed E-state index contributed by atoms with van der Waals surface area (Å²) < 4.78 is 28.8. The largest absolute Gasteiger partial charge is 0.383 e. The Kier molecular flexibility index (Phi) is 6.11. The number of amides is 1. The summed E-state index contributed by atoms with van der Waals surface area (Å²) in [7, 11) is 0. The van der Waals surface area contributed by atoms with Gasteiger partial charge in [0.25, 0.3) is 12.3 Å². The van der Waals surface area contributed by atoms with E-state index >= 15 is 0 Å². The predicted octanol–water partition coefficient (Wildman–Crippen LogP) is 4.40. The minimum atomic E-state index is -2.85. The highest BCUT2D eigenvalue weighted by molar-refractivity contribution is 5.95. The summed E-state index contributed by atoms with van der Waals surface area (Å²) in [6, 6.07) is 15.6. The van der Waals surface area contributed by atoms with Crippen molar-refractivity contribution in [3.05, 3.63) is 102 Å². The summed E-state index contributed by atoms with van der Waals surface area (Å²) >= 11 is 0. The van der Waals surface area contributed by atoms with Crippen LogP contribution < -0.4 is 11.1 Å². The molecule has 13 heteroatoms. The Labute approximate surface area is 237 Å². The number of anilines is 1. The van der Waals surface area contributed by atoms with Gasteiger partial charge in [0.05, 0.1) is 29.6 Å². The summed E-state index contributed by atoms with van der Waals surface area (Å²) in [5.41, 5.74) is 10.2. The van der Waals surface area contributed by atoms with Crippen molar-refractivity contribution < 1.29 is 13.6 Å². The van der Waals surface area contributed by atoms with Gasteiger partial charge in [-0.05, 0) is 72.5 Å². The van der Waals surface area contributed by atoms with Crippen molar-refractivity contribution in [3.63, 3.8) is 0 Å². The number of carbonyl (C=O) groups is 1. The quantitative estimate of drug-likeness (QED) is 0.303. The first-order chi connectivity index (χ1) is 20.5. The normalized spacial score (nSPS) is 14.4. The molecule has 0 spiro atoms. The molecule has 1 aliphatic carbocycles. The van der Waals surface area contributed by atoms with Crippen molar-refractivity contribution in [1.82, 2.24) is 44.8 Å². The van der Waals surface area contributed by atoms with E-state index in [4.69, 9.17) is 15.7 Å². The average Bonchev–Trinajstić information content (AvgIpc) is 3.76. The standard InChI is InChI=1S/C29H22F2N10O/c30-25(31)24-19(3-1-11-33-24)29(42)38-21-8-5-16-15-17(6-7-18(16)21)40-27(20-4-2-12-34-26(20)32)37-22-9-10-23(39-28(22)40)41-35-13-14-36-41/h1-4,6-7,9-15,21,25H,5,8H2,(H2,32,34)(H,38,42)/t21-/m0/s1. The fraction of sp³-hybridized carbons (Fsp3) is 0.138. The molecule has 0 unspecified atom stereocenters. The molecule has 0 fully saturated rings. The van der Waals surface area contributed by atoms with E-state index in [2.05, 4.69) is 25.5 Å². The molecule has 42 heavy (non-hydrogen) atoms. The van der Waals surface area contributed by atoms with Crippen LogP contribution in [-0.2, 0) is 6.42 Å². The highest BCUT2D eigenvalue weighted by atomic mass is 19.3. The maximum Gasteiger partial charge on any atom is 0.281 e. The van der Waals surface area contributed by atoms with Gasteiger partial charge in [-0.15, -0.1) is 4.80 Å². The number of hydrogen-bond acceptors (Lipinski definition) is 8. The minimum Gasteiger partial charge on any atom is -0.383 e. The van der Waals surface area contributed by atoms with Gasteiger partial charge in [0.15, 0.2) is 17.3 Å². The third kappa shape index (κ3) is 4.31. The number of hydrogen-bond donors (Lipinski definition) is 2. The number of carbonyl (C=O) groups excluding carboxylic acids is 1. The number of fused-ring (bicyclic) bond motifs is 2. The molecule has 208 valence electrons. The van der Waals surface area contributed by atoms with E-state index in [0.717, 1.165) is 16.8 Å². The van der Waals surface area contributed by atoms with Crippen LogP contribution in [-0.4, -0.2) is 45.4 Å². The van der Waals surface area contributed by atoms with Crippen LogP contribution in [0.15, 0.2) is 79.4 Å². The molecule has 5 aromatic heterocycles. The number of imidazole rings is 1. The van der Waals surface area contributed by atoms with Gasteiger partial charge in [-0.3, -0.25) is 14.3 Å². The van der Waals surface area contributed by atoms with Crippen LogP contribution >= 0.6 is 0 Å². The van der Waals surface area contributed by atoms with Gasteiger partial charge in [-0.1, -0.05) is 6.07 Å². The van der Waals surface area contributed by atoms with Gasteiger partial charge in [0, 0.05) is 18.1 Å². The number of benzene rings is 1. The van der Waals surface area contributed by atoms with Crippen molar-refractivity contribution in [3.8, 4) is 22.9 Å². The highest BCUT2D eigenvalue weighted by Crippen LogP contribution is 2.36. The molecule has 0 saturated heterocycles. The molecule has 1 aliphatic rings. The molecule has 1 atom stereocenters. The lowest BCUT2D eigenvalue weighted by Gasteiger charge is -2.16. The van der Waals surface area contributed by atoms with Crippen LogP contribution in [0.2, 0.25) is 0 Å². The Morgan fingerprint density at radius 3 is 2.60 bits per heavy atom. The van der Waals surface area contributed by atoms with Crippen LogP contribution in [0.5, 0.6) is 0 Å². The summed E-state index contributed by atoms with van der Waals surface area (Å²) in [5, 5.41) is 11.3. The Balaban J connectivity index is 1.29. The smallest absolute Gasteiger partial charge is 0.281 e. The van der Waals surface area contributed by atoms with Gasteiger partial charge < -0.3 is 11.1 Å². The zero-order valence-corrected chi connectivity index (χ0v) is 21.9. The average molecular weight is 565 g/mol. The molecule has 0 saturated carbocycles. The molecule has 6 aromatic rings. The SMILES string of the molecule is Nc1ncccc1-c1nc2ccc(-n3nccn3)nc2n1-c1ccc2c(c1)CC[C@@H]2NC(=O)c1cccnc1C(F)F. The zero-order chi connectivity index (χ0) is 28.8. The minimum absolute atomic E-state index is 0.130. The highest BCUT2D eigenvalue weighted by Gasteiger charge is 2.28. The third-order valence-corrected chi connectivity index (χ3v) is 7.25. The maximum absolute atomic E-state index is 13.4. The maximum atomic E-state index is 13.4. The van der Waals surface area contributed by atoms with Crippen LogP contribution in [0.1, 0.15) is 46.1 Å². The number of nitrogen functional groups attached to an aromatic ring is 1. The lowest BCUT2D eigenvalue weighted by atomic mass is 10.1. The number of rotatable bonds is 6. The summed E-state index contributed by atoms with van der Waals surface area (Å²) in [4.78, 5) is 32.0. The molecule has 1 amide bonds. The van der Waals surface area contributed by atoms with E-state index in [1.165, 1.54) is 23.1 Å². The van der Waals surface area contributed by atoms with Gasteiger partial charge in [-0.2, -0.15) is 10.2 Å². The molecular weight excluding hydrogens is 542 g/mol. The van der Waals surface area contributed by atoms with Gasteiger partial charge in [-0.25, -0.2) is 23.7 Å². The number of nitrogens with two attached hydrogens (primary N) is 1.